The summed E-state index contributed by atoms with van der Waals surface area (Å²) < 4.78 is 1.64. The van der Waals surface area contributed by atoms with Gasteiger partial charge in [-0.15, -0.1) is 0 Å². The average molecular weight is 187 g/mol. The number of aromatic nitrogens is 3. The highest BCUT2D eigenvalue weighted by Gasteiger charge is 2.06. The van der Waals surface area contributed by atoms with Crippen LogP contribution in [-0.4, -0.2) is 21.1 Å². The molecule has 70 valence electrons. The Balaban J connectivity index is 2.53. The van der Waals surface area contributed by atoms with Gasteiger partial charge in [0.05, 0.1) is 17.5 Å². The smallest absolute Gasteiger partial charge is 0.153 e. The van der Waals surface area contributed by atoms with Crippen molar-refractivity contribution in [1.29, 1.82) is 0 Å². The first-order valence-electron chi connectivity index (χ1n) is 4.24. The van der Waals surface area contributed by atoms with E-state index in [1.807, 2.05) is 25.1 Å². The standard InChI is InChI=1S/C10H9N3O/c1-8-9(7-14)6-12-13(8)10-4-2-3-5-11-10/h2-7H,1H3. The van der Waals surface area contributed by atoms with E-state index in [0.717, 1.165) is 17.8 Å². The summed E-state index contributed by atoms with van der Waals surface area (Å²) in [5, 5.41) is 4.08. The molecule has 0 amide bonds. The predicted octanol–water partition coefficient (Wildman–Crippen LogP) is 1.39. The van der Waals surface area contributed by atoms with Gasteiger partial charge in [0, 0.05) is 6.20 Å². The molecule has 2 rings (SSSR count). The molecule has 0 saturated carbocycles. The van der Waals surface area contributed by atoms with Gasteiger partial charge in [-0.1, -0.05) is 6.07 Å². The Hall–Kier alpha value is -1.97. The van der Waals surface area contributed by atoms with Gasteiger partial charge in [0.25, 0.3) is 0 Å². The Morgan fingerprint density at radius 3 is 2.86 bits per heavy atom. The summed E-state index contributed by atoms with van der Waals surface area (Å²) in [7, 11) is 0. The molecule has 0 aliphatic heterocycles. The molecule has 0 atom stereocenters. The molecule has 0 fully saturated rings. The van der Waals surface area contributed by atoms with Crippen molar-refractivity contribution in [3.8, 4) is 5.82 Å². The average Bonchev–Trinajstić information content (AvgIpc) is 2.61. The van der Waals surface area contributed by atoms with E-state index in [2.05, 4.69) is 10.1 Å². The zero-order valence-corrected chi connectivity index (χ0v) is 7.71. The summed E-state index contributed by atoms with van der Waals surface area (Å²) in [4.78, 5) is 14.7. The number of rotatable bonds is 2. The van der Waals surface area contributed by atoms with Crippen LogP contribution in [0.2, 0.25) is 0 Å². The second kappa shape index (κ2) is 3.41. The van der Waals surface area contributed by atoms with Crippen molar-refractivity contribution in [2.45, 2.75) is 6.92 Å². The molecule has 0 bridgehead atoms. The SMILES string of the molecule is Cc1c(C=O)cnn1-c1ccccn1. The summed E-state index contributed by atoms with van der Waals surface area (Å²) in [6.07, 6.45) is 4.02. The van der Waals surface area contributed by atoms with Gasteiger partial charge in [-0.05, 0) is 19.1 Å². The normalized spacial score (nSPS) is 10.1. The summed E-state index contributed by atoms with van der Waals surface area (Å²) in [6, 6.07) is 5.56. The Bertz CT molecular complexity index is 448. The first kappa shape index (κ1) is 8.62. The number of nitrogens with zero attached hydrogens (tertiary/aromatic N) is 3. The highest BCUT2D eigenvalue weighted by molar-refractivity contribution is 5.76. The lowest BCUT2D eigenvalue weighted by Crippen LogP contribution is -2.01. The van der Waals surface area contributed by atoms with Crippen LogP contribution in [0.15, 0.2) is 30.6 Å². The molecule has 4 nitrogen and oxygen atoms in total. The Morgan fingerprint density at radius 2 is 2.29 bits per heavy atom. The minimum atomic E-state index is 0.593. The summed E-state index contributed by atoms with van der Waals surface area (Å²) in [5.74, 6) is 0.720. The van der Waals surface area contributed by atoms with E-state index in [1.54, 1.807) is 10.9 Å². The van der Waals surface area contributed by atoms with Crippen molar-refractivity contribution in [3.05, 3.63) is 41.9 Å². The quantitative estimate of drug-likeness (QED) is 0.667. The van der Waals surface area contributed by atoms with Crippen LogP contribution < -0.4 is 0 Å². The van der Waals surface area contributed by atoms with Crippen LogP contribution >= 0.6 is 0 Å². The lowest BCUT2D eigenvalue weighted by Gasteiger charge is -2.01. The number of carbonyl (C=O) groups is 1. The van der Waals surface area contributed by atoms with E-state index in [4.69, 9.17) is 0 Å². The number of carbonyl (C=O) groups excluding carboxylic acids is 1. The van der Waals surface area contributed by atoms with Gasteiger partial charge in [0.15, 0.2) is 12.1 Å². The first-order valence-corrected chi connectivity index (χ1v) is 4.24. The van der Waals surface area contributed by atoms with E-state index in [1.165, 1.54) is 6.20 Å². The van der Waals surface area contributed by atoms with Crippen molar-refractivity contribution in [3.63, 3.8) is 0 Å². The predicted molar refractivity (Wildman–Crippen MR) is 51.5 cm³/mol. The van der Waals surface area contributed by atoms with Crippen LogP contribution in [0.1, 0.15) is 16.1 Å². The fraction of sp³-hybridized carbons (Fsp3) is 0.100. The summed E-state index contributed by atoms with van der Waals surface area (Å²) >= 11 is 0. The molecule has 0 radical (unpaired) electrons. The number of hydrogen-bond donors (Lipinski definition) is 0. The van der Waals surface area contributed by atoms with Crippen LogP contribution in [0.4, 0.5) is 0 Å². The van der Waals surface area contributed by atoms with Crippen molar-refractivity contribution in [2.75, 3.05) is 0 Å². The largest absolute Gasteiger partial charge is 0.298 e. The van der Waals surface area contributed by atoms with E-state index in [0.29, 0.717) is 5.56 Å². The van der Waals surface area contributed by atoms with Gasteiger partial charge in [0.1, 0.15) is 0 Å². The highest BCUT2D eigenvalue weighted by atomic mass is 16.1. The Morgan fingerprint density at radius 1 is 1.43 bits per heavy atom. The van der Waals surface area contributed by atoms with Crippen molar-refractivity contribution in [1.82, 2.24) is 14.8 Å². The fourth-order valence-corrected chi connectivity index (χ4v) is 1.25. The molecule has 2 aromatic rings. The maximum atomic E-state index is 10.6. The molecule has 0 N–H and O–H groups in total. The van der Waals surface area contributed by atoms with Gasteiger partial charge >= 0.3 is 0 Å². The maximum Gasteiger partial charge on any atom is 0.153 e. The van der Waals surface area contributed by atoms with E-state index >= 15 is 0 Å². The van der Waals surface area contributed by atoms with Gasteiger partial charge in [-0.3, -0.25) is 4.79 Å². The van der Waals surface area contributed by atoms with Crippen molar-refractivity contribution >= 4 is 6.29 Å². The van der Waals surface area contributed by atoms with E-state index in [9.17, 15) is 4.79 Å². The summed E-state index contributed by atoms with van der Waals surface area (Å²) in [5.41, 5.74) is 1.40. The molecule has 4 heteroatoms. The highest BCUT2D eigenvalue weighted by Crippen LogP contribution is 2.09. The molecule has 2 heterocycles. The Labute approximate surface area is 81.2 Å². The zero-order valence-electron chi connectivity index (χ0n) is 7.71. The lowest BCUT2D eigenvalue weighted by atomic mass is 10.3. The fourth-order valence-electron chi connectivity index (χ4n) is 1.25. The number of pyridine rings is 1. The van der Waals surface area contributed by atoms with Gasteiger partial charge in [0.2, 0.25) is 0 Å². The third-order valence-electron chi connectivity index (χ3n) is 2.04. The van der Waals surface area contributed by atoms with Gasteiger partial charge < -0.3 is 0 Å². The van der Waals surface area contributed by atoms with Crippen LogP contribution in [0.25, 0.3) is 5.82 Å². The molecule has 0 unspecified atom stereocenters. The molecule has 0 aliphatic rings. The summed E-state index contributed by atoms with van der Waals surface area (Å²) in [6.45, 7) is 1.84. The topological polar surface area (TPSA) is 47.8 Å². The lowest BCUT2D eigenvalue weighted by molar-refractivity contribution is 0.112. The van der Waals surface area contributed by atoms with Crippen molar-refractivity contribution in [2.24, 2.45) is 0 Å². The van der Waals surface area contributed by atoms with Crippen LogP contribution in [0.3, 0.4) is 0 Å². The molecule has 2 aromatic heterocycles. The minimum absolute atomic E-state index is 0.593. The number of hydrogen-bond acceptors (Lipinski definition) is 3. The molecule has 0 aliphatic carbocycles. The second-order valence-electron chi connectivity index (χ2n) is 2.90. The number of aldehydes is 1. The van der Waals surface area contributed by atoms with E-state index in [-0.39, 0.29) is 0 Å². The zero-order chi connectivity index (χ0) is 9.97. The second-order valence-corrected chi connectivity index (χ2v) is 2.90. The molecule has 0 aromatic carbocycles. The molecular weight excluding hydrogens is 178 g/mol. The first-order chi connectivity index (χ1) is 6.83. The molecule has 14 heavy (non-hydrogen) atoms. The monoisotopic (exact) mass is 187 g/mol. The maximum absolute atomic E-state index is 10.6. The third kappa shape index (κ3) is 1.31. The van der Waals surface area contributed by atoms with Crippen LogP contribution in [-0.2, 0) is 0 Å². The third-order valence-corrected chi connectivity index (χ3v) is 2.04. The van der Waals surface area contributed by atoms with Gasteiger partial charge in [-0.25, -0.2) is 9.67 Å². The van der Waals surface area contributed by atoms with E-state index < -0.39 is 0 Å². The molecule has 0 saturated heterocycles. The molecule has 0 spiro atoms. The van der Waals surface area contributed by atoms with Crippen LogP contribution in [0.5, 0.6) is 0 Å². The van der Waals surface area contributed by atoms with Crippen LogP contribution in [0, 0.1) is 6.92 Å². The Kier molecular flexibility index (Phi) is 2.10. The molecular formula is C10H9N3O. The van der Waals surface area contributed by atoms with Crippen molar-refractivity contribution < 1.29 is 4.79 Å². The minimum Gasteiger partial charge on any atom is -0.298 e. The van der Waals surface area contributed by atoms with Gasteiger partial charge in [-0.2, -0.15) is 5.10 Å².